The van der Waals surface area contributed by atoms with Crippen molar-refractivity contribution in [1.29, 1.82) is 0 Å². The van der Waals surface area contributed by atoms with Crippen LogP contribution >= 0.6 is 0 Å². The van der Waals surface area contributed by atoms with Gasteiger partial charge >= 0.3 is 0 Å². The van der Waals surface area contributed by atoms with Crippen LogP contribution in [0.15, 0.2) is 30.3 Å². The molecular formula is C16H24N2O2. The van der Waals surface area contributed by atoms with Crippen molar-refractivity contribution in [3.05, 3.63) is 35.9 Å². The van der Waals surface area contributed by atoms with Crippen LogP contribution in [0.2, 0.25) is 0 Å². The Balaban J connectivity index is 1.77. The van der Waals surface area contributed by atoms with E-state index in [2.05, 4.69) is 4.90 Å². The Morgan fingerprint density at radius 3 is 2.85 bits per heavy atom. The molecule has 0 spiro atoms. The SMILES string of the molecule is CN(Cc1ccccc1)C(=O)CN1CCC(CCO)C1. The molecular weight excluding hydrogens is 252 g/mol. The van der Waals surface area contributed by atoms with Crippen molar-refractivity contribution in [2.24, 2.45) is 5.92 Å². The lowest BCUT2D eigenvalue weighted by Crippen LogP contribution is -2.37. The lowest BCUT2D eigenvalue weighted by Gasteiger charge is -2.21. The number of rotatable bonds is 6. The van der Waals surface area contributed by atoms with E-state index in [1.165, 1.54) is 0 Å². The van der Waals surface area contributed by atoms with Gasteiger partial charge < -0.3 is 10.0 Å². The average Bonchev–Trinajstić information content (AvgIpc) is 2.87. The summed E-state index contributed by atoms with van der Waals surface area (Å²) in [5.41, 5.74) is 1.16. The molecule has 4 nitrogen and oxygen atoms in total. The first-order valence-corrected chi connectivity index (χ1v) is 7.30. The van der Waals surface area contributed by atoms with Gasteiger partial charge in [0.05, 0.1) is 6.54 Å². The van der Waals surface area contributed by atoms with E-state index >= 15 is 0 Å². The van der Waals surface area contributed by atoms with Crippen molar-refractivity contribution in [2.45, 2.75) is 19.4 Å². The van der Waals surface area contributed by atoms with Crippen LogP contribution in [-0.4, -0.2) is 54.1 Å². The lowest BCUT2D eigenvalue weighted by molar-refractivity contribution is -0.131. The molecule has 1 unspecified atom stereocenters. The van der Waals surface area contributed by atoms with E-state index < -0.39 is 0 Å². The predicted octanol–water partition coefficient (Wildman–Crippen LogP) is 1.35. The fourth-order valence-electron chi connectivity index (χ4n) is 2.73. The Labute approximate surface area is 121 Å². The minimum atomic E-state index is 0.165. The zero-order valence-electron chi connectivity index (χ0n) is 12.2. The maximum Gasteiger partial charge on any atom is 0.236 e. The van der Waals surface area contributed by atoms with Crippen LogP contribution in [0.25, 0.3) is 0 Å². The molecule has 1 atom stereocenters. The van der Waals surface area contributed by atoms with Crippen LogP contribution < -0.4 is 0 Å². The zero-order valence-corrected chi connectivity index (χ0v) is 12.2. The van der Waals surface area contributed by atoms with Crippen LogP contribution in [-0.2, 0) is 11.3 Å². The van der Waals surface area contributed by atoms with Crippen LogP contribution in [0, 0.1) is 5.92 Å². The highest BCUT2D eigenvalue weighted by molar-refractivity contribution is 5.78. The van der Waals surface area contributed by atoms with Crippen molar-refractivity contribution in [3.8, 4) is 0 Å². The third-order valence-corrected chi connectivity index (χ3v) is 3.95. The number of likely N-dealkylation sites (N-methyl/N-ethyl adjacent to an activating group) is 1. The molecule has 4 heteroatoms. The molecule has 0 aromatic heterocycles. The Morgan fingerprint density at radius 2 is 2.15 bits per heavy atom. The van der Waals surface area contributed by atoms with E-state index in [0.717, 1.165) is 31.5 Å². The Morgan fingerprint density at radius 1 is 1.40 bits per heavy atom. The number of nitrogens with zero attached hydrogens (tertiary/aromatic N) is 2. The standard InChI is InChI=1S/C16H24N2O2/c1-17(11-14-5-3-2-4-6-14)16(20)13-18-9-7-15(12-18)8-10-19/h2-6,15,19H,7-13H2,1H3. The van der Waals surface area contributed by atoms with E-state index in [-0.39, 0.29) is 12.5 Å². The highest BCUT2D eigenvalue weighted by Gasteiger charge is 2.24. The molecule has 0 aliphatic carbocycles. The van der Waals surface area contributed by atoms with Crippen molar-refractivity contribution >= 4 is 5.91 Å². The van der Waals surface area contributed by atoms with E-state index in [0.29, 0.717) is 19.0 Å². The summed E-state index contributed by atoms with van der Waals surface area (Å²) in [6, 6.07) is 10.0. The van der Waals surface area contributed by atoms with Gasteiger partial charge in [-0.25, -0.2) is 0 Å². The number of likely N-dealkylation sites (tertiary alicyclic amines) is 1. The first kappa shape index (κ1) is 15.0. The molecule has 110 valence electrons. The number of benzene rings is 1. The quantitative estimate of drug-likeness (QED) is 0.853. The van der Waals surface area contributed by atoms with Gasteiger partial charge in [0.2, 0.25) is 5.91 Å². The van der Waals surface area contributed by atoms with Crippen LogP contribution in [0.4, 0.5) is 0 Å². The van der Waals surface area contributed by atoms with Gasteiger partial charge in [-0.1, -0.05) is 30.3 Å². The molecule has 2 rings (SSSR count). The molecule has 1 fully saturated rings. The van der Waals surface area contributed by atoms with Crippen LogP contribution in [0.5, 0.6) is 0 Å². The molecule has 1 aromatic carbocycles. The van der Waals surface area contributed by atoms with E-state index in [1.54, 1.807) is 4.90 Å². The normalized spacial score (nSPS) is 19.2. The van der Waals surface area contributed by atoms with Gasteiger partial charge in [0, 0.05) is 26.7 Å². The minimum absolute atomic E-state index is 0.165. The van der Waals surface area contributed by atoms with Gasteiger partial charge in [-0.05, 0) is 30.9 Å². The molecule has 0 bridgehead atoms. The average molecular weight is 276 g/mol. The third kappa shape index (κ3) is 4.32. The summed E-state index contributed by atoms with van der Waals surface area (Å²) in [4.78, 5) is 16.2. The second-order valence-corrected chi connectivity index (χ2v) is 5.64. The molecule has 1 amide bonds. The molecule has 0 radical (unpaired) electrons. The molecule has 1 N–H and O–H groups in total. The number of carbonyl (C=O) groups excluding carboxylic acids is 1. The summed E-state index contributed by atoms with van der Waals surface area (Å²) in [5.74, 6) is 0.714. The van der Waals surface area contributed by atoms with Gasteiger partial charge in [0.1, 0.15) is 0 Å². The number of amides is 1. The highest BCUT2D eigenvalue weighted by Crippen LogP contribution is 2.18. The fraction of sp³-hybridized carbons (Fsp3) is 0.562. The third-order valence-electron chi connectivity index (χ3n) is 3.95. The van der Waals surface area contributed by atoms with Gasteiger partial charge in [0.15, 0.2) is 0 Å². The Hall–Kier alpha value is -1.39. The number of aliphatic hydroxyl groups is 1. The van der Waals surface area contributed by atoms with E-state index in [9.17, 15) is 4.79 Å². The van der Waals surface area contributed by atoms with Gasteiger partial charge in [0.25, 0.3) is 0 Å². The van der Waals surface area contributed by atoms with Gasteiger partial charge in [-0.3, -0.25) is 9.69 Å². The first-order chi connectivity index (χ1) is 9.69. The maximum absolute atomic E-state index is 12.2. The van der Waals surface area contributed by atoms with Crippen molar-refractivity contribution in [2.75, 3.05) is 33.3 Å². The highest BCUT2D eigenvalue weighted by atomic mass is 16.3. The number of hydrogen-bond acceptors (Lipinski definition) is 3. The smallest absolute Gasteiger partial charge is 0.236 e. The molecule has 1 aliphatic heterocycles. The largest absolute Gasteiger partial charge is 0.396 e. The Kier molecular flexibility index (Phi) is 5.56. The van der Waals surface area contributed by atoms with Gasteiger partial charge in [-0.15, -0.1) is 0 Å². The molecule has 1 saturated heterocycles. The van der Waals surface area contributed by atoms with E-state index in [1.807, 2.05) is 37.4 Å². The monoisotopic (exact) mass is 276 g/mol. The summed E-state index contributed by atoms with van der Waals surface area (Å²) in [6.45, 7) is 3.31. The van der Waals surface area contributed by atoms with Crippen LogP contribution in [0.1, 0.15) is 18.4 Å². The number of carbonyl (C=O) groups is 1. The Bertz CT molecular complexity index is 422. The lowest BCUT2D eigenvalue weighted by atomic mass is 10.1. The first-order valence-electron chi connectivity index (χ1n) is 7.30. The second-order valence-electron chi connectivity index (χ2n) is 5.64. The second kappa shape index (κ2) is 7.41. The van der Waals surface area contributed by atoms with Crippen molar-refractivity contribution in [1.82, 2.24) is 9.80 Å². The number of hydrogen-bond donors (Lipinski definition) is 1. The molecule has 1 heterocycles. The van der Waals surface area contributed by atoms with Gasteiger partial charge in [-0.2, -0.15) is 0 Å². The summed E-state index contributed by atoms with van der Waals surface area (Å²) in [7, 11) is 1.86. The van der Waals surface area contributed by atoms with Crippen LogP contribution in [0.3, 0.4) is 0 Å². The summed E-state index contributed by atoms with van der Waals surface area (Å²) < 4.78 is 0. The van der Waals surface area contributed by atoms with Crippen molar-refractivity contribution < 1.29 is 9.90 Å². The molecule has 1 aromatic rings. The predicted molar refractivity (Wildman–Crippen MR) is 79.2 cm³/mol. The minimum Gasteiger partial charge on any atom is -0.396 e. The summed E-state index contributed by atoms with van der Waals surface area (Å²) in [6.07, 6.45) is 1.95. The molecule has 20 heavy (non-hydrogen) atoms. The van der Waals surface area contributed by atoms with Crippen molar-refractivity contribution in [3.63, 3.8) is 0 Å². The summed E-state index contributed by atoms with van der Waals surface area (Å²) in [5, 5.41) is 8.95. The van der Waals surface area contributed by atoms with E-state index in [4.69, 9.17) is 5.11 Å². The summed E-state index contributed by atoms with van der Waals surface area (Å²) >= 11 is 0. The molecule has 0 saturated carbocycles. The maximum atomic E-state index is 12.2. The zero-order chi connectivity index (χ0) is 14.4. The topological polar surface area (TPSA) is 43.8 Å². The number of aliphatic hydroxyl groups excluding tert-OH is 1. The molecule has 1 aliphatic rings. The fourth-order valence-corrected chi connectivity index (χ4v) is 2.73.